The summed E-state index contributed by atoms with van der Waals surface area (Å²) in [6.07, 6.45) is 2.30. The molecule has 0 saturated carbocycles. The smallest absolute Gasteiger partial charge is 0.137 e. The molecule has 1 rings (SSSR count). The van der Waals surface area contributed by atoms with E-state index in [2.05, 4.69) is 19.2 Å². The molecule has 1 aromatic carbocycles. The molecular weight excluding hydrogens is 221 g/mol. The summed E-state index contributed by atoms with van der Waals surface area (Å²) >= 11 is 1.63. The van der Waals surface area contributed by atoms with Crippen molar-refractivity contribution < 1.29 is 4.39 Å². The predicted molar refractivity (Wildman–Crippen MR) is 69.4 cm³/mol. The Morgan fingerprint density at radius 3 is 2.81 bits per heavy atom. The number of halogens is 1. The summed E-state index contributed by atoms with van der Waals surface area (Å²) in [5.74, 6) is 0.910. The van der Waals surface area contributed by atoms with E-state index in [1.165, 1.54) is 0 Å². The summed E-state index contributed by atoms with van der Waals surface area (Å²) in [5.41, 5.74) is 1.07. The third-order valence-electron chi connectivity index (χ3n) is 2.36. The Bertz CT molecular complexity index is 315. The van der Waals surface area contributed by atoms with Crippen LogP contribution in [0, 0.1) is 5.82 Å². The van der Waals surface area contributed by atoms with Crippen LogP contribution in [0.2, 0.25) is 0 Å². The molecule has 0 atom stereocenters. The van der Waals surface area contributed by atoms with Crippen molar-refractivity contribution in [3.63, 3.8) is 0 Å². The van der Waals surface area contributed by atoms with Gasteiger partial charge in [-0.1, -0.05) is 32.4 Å². The Labute approximate surface area is 102 Å². The molecule has 0 saturated heterocycles. The summed E-state index contributed by atoms with van der Waals surface area (Å²) in [6.45, 7) is 5.88. The van der Waals surface area contributed by atoms with Crippen LogP contribution in [0.1, 0.15) is 32.3 Å². The number of hydrogen-bond donors (Lipinski definition) is 1. The lowest BCUT2D eigenvalue weighted by Crippen LogP contribution is -2.12. The Morgan fingerprint density at radius 2 is 2.12 bits per heavy atom. The number of benzene rings is 1. The highest BCUT2D eigenvalue weighted by atomic mass is 32.2. The van der Waals surface area contributed by atoms with Gasteiger partial charge in [-0.2, -0.15) is 0 Å². The van der Waals surface area contributed by atoms with E-state index in [-0.39, 0.29) is 5.82 Å². The van der Waals surface area contributed by atoms with Crippen LogP contribution in [0.25, 0.3) is 0 Å². The summed E-state index contributed by atoms with van der Waals surface area (Å²) in [7, 11) is 0. The molecule has 0 spiro atoms. The van der Waals surface area contributed by atoms with Gasteiger partial charge >= 0.3 is 0 Å². The van der Waals surface area contributed by atoms with Crippen molar-refractivity contribution in [3.8, 4) is 0 Å². The molecule has 0 bridgehead atoms. The van der Waals surface area contributed by atoms with Gasteiger partial charge in [-0.15, -0.1) is 11.8 Å². The molecule has 0 unspecified atom stereocenters. The quantitative estimate of drug-likeness (QED) is 0.575. The first-order valence-electron chi connectivity index (χ1n) is 5.90. The van der Waals surface area contributed by atoms with E-state index in [1.807, 2.05) is 6.07 Å². The average molecular weight is 241 g/mol. The van der Waals surface area contributed by atoms with Crippen molar-refractivity contribution in [2.45, 2.75) is 38.1 Å². The largest absolute Gasteiger partial charge is 0.313 e. The van der Waals surface area contributed by atoms with Crippen LogP contribution in [0.5, 0.6) is 0 Å². The summed E-state index contributed by atoms with van der Waals surface area (Å²) in [6, 6.07) is 5.33. The fourth-order valence-corrected chi connectivity index (χ4v) is 2.60. The lowest BCUT2D eigenvalue weighted by Gasteiger charge is -2.10. The van der Waals surface area contributed by atoms with Gasteiger partial charge < -0.3 is 5.32 Å². The van der Waals surface area contributed by atoms with Crippen LogP contribution in [0.4, 0.5) is 4.39 Å². The number of rotatable bonds is 7. The number of thioether (sulfide) groups is 1. The third kappa shape index (κ3) is 4.14. The van der Waals surface area contributed by atoms with Crippen molar-refractivity contribution in [3.05, 3.63) is 29.6 Å². The molecule has 0 aliphatic heterocycles. The van der Waals surface area contributed by atoms with Gasteiger partial charge in [-0.05, 0) is 30.3 Å². The second-order valence-corrected chi connectivity index (χ2v) is 4.82. The molecule has 16 heavy (non-hydrogen) atoms. The van der Waals surface area contributed by atoms with Crippen LogP contribution in [0.15, 0.2) is 23.1 Å². The SMILES string of the molecule is CCCCSc1c(F)cccc1CNCC. The van der Waals surface area contributed by atoms with E-state index in [4.69, 9.17) is 0 Å². The van der Waals surface area contributed by atoms with Gasteiger partial charge in [-0.3, -0.25) is 0 Å². The maximum absolute atomic E-state index is 13.7. The van der Waals surface area contributed by atoms with Crippen LogP contribution in [0.3, 0.4) is 0 Å². The zero-order valence-corrected chi connectivity index (χ0v) is 10.9. The first-order valence-corrected chi connectivity index (χ1v) is 6.89. The van der Waals surface area contributed by atoms with Gasteiger partial charge in [0.2, 0.25) is 0 Å². The van der Waals surface area contributed by atoms with Crippen LogP contribution in [-0.2, 0) is 6.54 Å². The lowest BCUT2D eigenvalue weighted by molar-refractivity contribution is 0.591. The second-order valence-electron chi connectivity index (χ2n) is 3.71. The topological polar surface area (TPSA) is 12.0 Å². The van der Waals surface area contributed by atoms with Gasteiger partial charge in [0.15, 0.2) is 0 Å². The summed E-state index contributed by atoms with van der Waals surface area (Å²) < 4.78 is 13.7. The third-order valence-corrected chi connectivity index (χ3v) is 3.60. The molecule has 0 aromatic heterocycles. The van der Waals surface area contributed by atoms with Gasteiger partial charge in [0, 0.05) is 11.4 Å². The molecule has 3 heteroatoms. The molecule has 0 aliphatic carbocycles. The monoisotopic (exact) mass is 241 g/mol. The molecule has 0 radical (unpaired) electrons. The minimum absolute atomic E-state index is 0.0866. The maximum Gasteiger partial charge on any atom is 0.137 e. The maximum atomic E-state index is 13.7. The van der Waals surface area contributed by atoms with Crippen molar-refractivity contribution in [2.75, 3.05) is 12.3 Å². The molecule has 1 nitrogen and oxygen atoms in total. The van der Waals surface area contributed by atoms with Crippen molar-refractivity contribution >= 4 is 11.8 Å². The Morgan fingerprint density at radius 1 is 1.31 bits per heavy atom. The van der Waals surface area contributed by atoms with Gasteiger partial charge in [0.1, 0.15) is 5.82 Å². The minimum Gasteiger partial charge on any atom is -0.313 e. The van der Waals surface area contributed by atoms with Crippen molar-refractivity contribution in [2.24, 2.45) is 0 Å². The molecular formula is C13H20FNS. The van der Waals surface area contributed by atoms with E-state index in [1.54, 1.807) is 23.9 Å². The zero-order chi connectivity index (χ0) is 11.8. The first kappa shape index (κ1) is 13.5. The van der Waals surface area contributed by atoms with Crippen molar-refractivity contribution in [1.82, 2.24) is 5.32 Å². The molecule has 0 fully saturated rings. The van der Waals surface area contributed by atoms with Crippen LogP contribution in [-0.4, -0.2) is 12.3 Å². The normalized spacial score (nSPS) is 10.7. The van der Waals surface area contributed by atoms with E-state index in [0.717, 1.165) is 42.1 Å². The zero-order valence-electron chi connectivity index (χ0n) is 10.1. The highest BCUT2D eigenvalue weighted by Gasteiger charge is 2.07. The average Bonchev–Trinajstić information content (AvgIpc) is 2.29. The number of nitrogens with one attached hydrogen (secondary N) is 1. The predicted octanol–water partition coefficient (Wildman–Crippen LogP) is 3.83. The van der Waals surface area contributed by atoms with E-state index >= 15 is 0 Å². The first-order chi connectivity index (χ1) is 7.79. The molecule has 0 heterocycles. The molecule has 1 aromatic rings. The van der Waals surface area contributed by atoms with E-state index < -0.39 is 0 Å². The number of unbranched alkanes of at least 4 members (excludes halogenated alkanes) is 1. The highest BCUT2D eigenvalue weighted by molar-refractivity contribution is 7.99. The Kier molecular flexibility index (Phi) is 6.50. The van der Waals surface area contributed by atoms with Crippen molar-refractivity contribution in [1.29, 1.82) is 0 Å². The fourth-order valence-electron chi connectivity index (χ4n) is 1.43. The second kappa shape index (κ2) is 7.69. The minimum atomic E-state index is -0.0866. The Balaban J connectivity index is 2.69. The molecule has 0 aliphatic rings. The Hall–Kier alpha value is -0.540. The van der Waals surface area contributed by atoms with Crippen LogP contribution < -0.4 is 5.32 Å². The van der Waals surface area contributed by atoms with Crippen LogP contribution >= 0.6 is 11.8 Å². The molecule has 90 valence electrons. The fraction of sp³-hybridized carbons (Fsp3) is 0.538. The summed E-state index contributed by atoms with van der Waals surface area (Å²) in [4.78, 5) is 0.817. The van der Waals surface area contributed by atoms with Gasteiger partial charge in [0.25, 0.3) is 0 Å². The standard InChI is InChI=1S/C13H20FNS/c1-3-5-9-16-13-11(10-15-4-2)7-6-8-12(13)14/h6-8,15H,3-5,9-10H2,1-2H3. The van der Waals surface area contributed by atoms with Gasteiger partial charge in [0.05, 0.1) is 0 Å². The highest BCUT2D eigenvalue weighted by Crippen LogP contribution is 2.26. The molecule has 0 amide bonds. The summed E-state index contributed by atoms with van der Waals surface area (Å²) in [5, 5.41) is 3.24. The van der Waals surface area contributed by atoms with E-state index in [9.17, 15) is 4.39 Å². The number of hydrogen-bond acceptors (Lipinski definition) is 2. The van der Waals surface area contributed by atoms with Gasteiger partial charge in [-0.25, -0.2) is 4.39 Å². The van der Waals surface area contributed by atoms with E-state index in [0.29, 0.717) is 0 Å². The molecule has 1 N–H and O–H groups in total. The lowest BCUT2D eigenvalue weighted by atomic mass is 10.2.